The number of hydrogen-bond acceptors (Lipinski definition) is 4. The molecule has 2 atom stereocenters. The molecule has 2 rings (SSSR count). The first-order valence-electron chi connectivity index (χ1n) is 5.79. The summed E-state index contributed by atoms with van der Waals surface area (Å²) in [6.07, 6.45) is 4.21. The fraction of sp³-hybridized carbons (Fsp3) is 0.750. The summed E-state index contributed by atoms with van der Waals surface area (Å²) in [6, 6.07) is 0.532. The Bertz CT molecular complexity index is 362. The lowest BCUT2D eigenvalue weighted by atomic mass is 9.87. The van der Waals surface area contributed by atoms with Crippen LogP contribution in [-0.2, 0) is 0 Å². The number of rotatable bonds is 3. The second-order valence-corrected chi connectivity index (χ2v) is 6.40. The van der Waals surface area contributed by atoms with E-state index in [9.17, 15) is 0 Å². The van der Waals surface area contributed by atoms with E-state index in [1.54, 1.807) is 18.0 Å². The van der Waals surface area contributed by atoms with E-state index in [1.807, 2.05) is 14.0 Å². The van der Waals surface area contributed by atoms with E-state index in [0.717, 1.165) is 10.9 Å². The van der Waals surface area contributed by atoms with Crippen LogP contribution < -0.4 is 5.32 Å². The van der Waals surface area contributed by atoms with E-state index < -0.39 is 0 Å². The van der Waals surface area contributed by atoms with Crippen LogP contribution in [0.4, 0.5) is 0 Å². The third-order valence-electron chi connectivity index (χ3n) is 3.45. The maximum atomic E-state index is 5.41. The number of hydrogen-bond donors (Lipinski definition) is 1. The quantitative estimate of drug-likeness (QED) is 0.881. The van der Waals surface area contributed by atoms with E-state index in [1.165, 1.54) is 12.8 Å². The Morgan fingerprint density at radius 2 is 2.31 bits per heavy atom. The highest BCUT2D eigenvalue weighted by Gasteiger charge is 2.41. The van der Waals surface area contributed by atoms with Crippen LogP contribution in [0, 0.1) is 12.3 Å². The van der Waals surface area contributed by atoms with Gasteiger partial charge in [-0.3, -0.25) is 0 Å². The molecule has 1 aromatic heterocycles. The summed E-state index contributed by atoms with van der Waals surface area (Å²) in [5, 5.41) is 4.81. The fourth-order valence-electron chi connectivity index (χ4n) is 2.56. The fourth-order valence-corrected chi connectivity index (χ4v) is 3.99. The molecule has 90 valence electrons. The lowest BCUT2D eigenvalue weighted by Gasteiger charge is -2.29. The molecule has 1 N–H and O–H groups in total. The lowest BCUT2D eigenvalue weighted by molar-refractivity contribution is 0.299. The van der Waals surface area contributed by atoms with Crippen molar-refractivity contribution in [3.05, 3.63) is 12.0 Å². The lowest BCUT2D eigenvalue weighted by Crippen LogP contribution is -2.41. The summed E-state index contributed by atoms with van der Waals surface area (Å²) in [5.41, 5.74) is 1.33. The van der Waals surface area contributed by atoms with Crippen molar-refractivity contribution in [2.24, 2.45) is 5.41 Å². The Labute approximate surface area is 101 Å². The zero-order chi connectivity index (χ0) is 11.8. The normalized spacial score (nSPS) is 28.5. The second-order valence-electron chi connectivity index (χ2n) is 5.20. The zero-order valence-corrected chi connectivity index (χ0v) is 11.2. The van der Waals surface area contributed by atoms with E-state index in [0.29, 0.717) is 16.7 Å². The molecule has 16 heavy (non-hydrogen) atoms. The van der Waals surface area contributed by atoms with Gasteiger partial charge < -0.3 is 9.73 Å². The summed E-state index contributed by atoms with van der Waals surface area (Å²) in [7, 11) is 2.05. The molecule has 0 bridgehead atoms. The number of thioether (sulfide) groups is 1. The molecule has 1 aliphatic rings. The molecule has 0 aliphatic heterocycles. The van der Waals surface area contributed by atoms with Crippen molar-refractivity contribution < 1.29 is 4.42 Å². The number of aryl methyl sites for hydroxylation is 1. The Morgan fingerprint density at radius 1 is 1.56 bits per heavy atom. The van der Waals surface area contributed by atoms with Gasteiger partial charge in [0, 0.05) is 11.3 Å². The van der Waals surface area contributed by atoms with Gasteiger partial charge in [0.1, 0.15) is 6.26 Å². The van der Waals surface area contributed by atoms with Crippen LogP contribution >= 0.6 is 11.8 Å². The van der Waals surface area contributed by atoms with Gasteiger partial charge in [-0.1, -0.05) is 25.6 Å². The van der Waals surface area contributed by atoms with Crippen molar-refractivity contribution in [1.82, 2.24) is 10.3 Å². The van der Waals surface area contributed by atoms with Gasteiger partial charge >= 0.3 is 0 Å². The standard InChI is InChI=1S/C12H20N2OS/c1-8-7-15-11(14-8)16-9-5-6-12(2,3)10(9)13-4/h7,9-10,13H,5-6H2,1-4H3. The molecule has 1 fully saturated rings. The summed E-state index contributed by atoms with van der Waals surface area (Å²) >= 11 is 1.77. The Morgan fingerprint density at radius 3 is 2.88 bits per heavy atom. The number of nitrogens with zero attached hydrogens (tertiary/aromatic N) is 1. The van der Waals surface area contributed by atoms with E-state index >= 15 is 0 Å². The van der Waals surface area contributed by atoms with Gasteiger partial charge in [-0.15, -0.1) is 0 Å². The smallest absolute Gasteiger partial charge is 0.256 e. The summed E-state index contributed by atoms with van der Waals surface area (Å²) in [5.74, 6) is 0. The number of aromatic nitrogens is 1. The minimum absolute atomic E-state index is 0.369. The third kappa shape index (κ3) is 2.28. The molecule has 0 spiro atoms. The van der Waals surface area contributed by atoms with Gasteiger partial charge in [-0.05, 0) is 32.2 Å². The molecule has 0 saturated heterocycles. The summed E-state index contributed by atoms with van der Waals surface area (Å²) in [6.45, 7) is 6.62. The first kappa shape index (κ1) is 12.0. The molecule has 3 nitrogen and oxygen atoms in total. The van der Waals surface area contributed by atoms with Gasteiger partial charge in [0.15, 0.2) is 0 Å². The van der Waals surface area contributed by atoms with E-state index in [-0.39, 0.29) is 0 Å². The summed E-state index contributed by atoms with van der Waals surface area (Å²) < 4.78 is 5.41. The van der Waals surface area contributed by atoms with Gasteiger partial charge in [0.25, 0.3) is 5.22 Å². The first-order valence-corrected chi connectivity index (χ1v) is 6.67. The molecule has 0 radical (unpaired) electrons. The van der Waals surface area contributed by atoms with E-state index in [2.05, 4.69) is 24.1 Å². The maximum absolute atomic E-state index is 5.41. The Hall–Kier alpha value is -0.480. The molecule has 2 unspecified atom stereocenters. The van der Waals surface area contributed by atoms with Crippen molar-refractivity contribution in [1.29, 1.82) is 0 Å². The highest BCUT2D eigenvalue weighted by atomic mass is 32.2. The average molecular weight is 240 g/mol. The van der Waals surface area contributed by atoms with Crippen LogP contribution in [0.2, 0.25) is 0 Å². The Balaban J connectivity index is 2.06. The largest absolute Gasteiger partial charge is 0.440 e. The number of nitrogens with one attached hydrogen (secondary N) is 1. The molecule has 1 heterocycles. The van der Waals surface area contributed by atoms with Gasteiger partial charge in [-0.2, -0.15) is 0 Å². The molecule has 1 aliphatic carbocycles. The predicted molar refractivity (Wildman–Crippen MR) is 66.7 cm³/mol. The Kier molecular flexibility index (Phi) is 3.31. The molecular weight excluding hydrogens is 220 g/mol. The predicted octanol–water partition coefficient (Wildman–Crippen LogP) is 2.85. The summed E-state index contributed by atoms with van der Waals surface area (Å²) in [4.78, 5) is 4.36. The maximum Gasteiger partial charge on any atom is 0.256 e. The molecular formula is C12H20N2OS. The monoisotopic (exact) mass is 240 g/mol. The van der Waals surface area contributed by atoms with Crippen LogP contribution in [0.3, 0.4) is 0 Å². The minimum Gasteiger partial charge on any atom is -0.440 e. The average Bonchev–Trinajstić information content (AvgIpc) is 2.72. The minimum atomic E-state index is 0.369. The van der Waals surface area contributed by atoms with Gasteiger partial charge in [0.05, 0.1) is 5.69 Å². The first-order chi connectivity index (χ1) is 7.53. The highest BCUT2D eigenvalue weighted by molar-refractivity contribution is 7.99. The van der Waals surface area contributed by atoms with Crippen LogP contribution in [0.15, 0.2) is 15.9 Å². The SMILES string of the molecule is CNC1C(Sc2nc(C)co2)CCC1(C)C. The van der Waals surface area contributed by atoms with Crippen molar-refractivity contribution in [2.75, 3.05) is 7.05 Å². The van der Waals surface area contributed by atoms with Crippen LogP contribution in [0.1, 0.15) is 32.4 Å². The van der Waals surface area contributed by atoms with Crippen LogP contribution in [0.25, 0.3) is 0 Å². The van der Waals surface area contributed by atoms with Crippen molar-refractivity contribution >= 4 is 11.8 Å². The molecule has 1 aromatic rings. The zero-order valence-electron chi connectivity index (χ0n) is 10.4. The van der Waals surface area contributed by atoms with Gasteiger partial charge in [0.2, 0.25) is 0 Å². The third-order valence-corrected chi connectivity index (χ3v) is 4.65. The van der Waals surface area contributed by atoms with Crippen LogP contribution in [-0.4, -0.2) is 23.3 Å². The molecule has 0 amide bonds. The highest BCUT2D eigenvalue weighted by Crippen LogP contribution is 2.44. The van der Waals surface area contributed by atoms with Crippen molar-refractivity contribution in [2.45, 2.75) is 50.1 Å². The topological polar surface area (TPSA) is 38.1 Å². The van der Waals surface area contributed by atoms with Crippen molar-refractivity contribution in [3.8, 4) is 0 Å². The molecule has 0 aromatic carbocycles. The van der Waals surface area contributed by atoms with Gasteiger partial charge in [-0.25, -0.2) is 4.98 Å². The molecule has 4 heteroatoms. The molecule has 1 saturated carbocycles. The van der Waals surface area contributed by atoms with Crippen molar-refractivity contribution in [3.63, 3.8) is 0 Å². The van der Waals surface area contributed by atoms with E-state index in [4.69, 9.17) is 4.42 Å². The number of oxazole rings is 1. The second kappa shape index (κ2) is 4.41. The van der Waals surface area contributed by atoms with Crippen LogP contribution in [0.5, 0.6) is 0 Å².